The van der Waals surface area contributed by atoms with Crippen molar-refractivity contribution >= 4 is 11.8 Å². The van der Waals surface area contributed by atoms with Crippen molar-refractivity contribution in [1.29, 1.82) is 0 Å². The largest absolute Gasteiger partial charge is 0.508 e. The molecular weight excluding hydrogens is 289 g/mol. The van der Waals surface area contributed by atoms with Gasteiger partial charge in [-0.05, 0) is 42.5 Å². The molecule has 0 amide bonds. The van der Waals surface area contributed by atoms with Crippen molar-refractivity contribution < 1.29 is 23.0 Å². The Hall–Kier alpha value is -1.82. The maximum absolute atomic E-state index is 12.9. The quantitative estimate of drug-likeness (QED) is 0.900. The zero-order valence-corrected chi connectivity index (χ0v) is 11.3. The summed E-state index contributed by atoms with van der Waals surface area (Å²) in [5.41, 5.74) is -0.849. The number of methoxy groups -OCH3 is 1. The maximum Gasteiger partial charge on any atom is 0.417 e. The van der Waals surface area contributed by atoms with E-state index in [0.717, 1.165) is 17.8 Å². The summed E-state index contributed by atoms with van der Waals surface area (Å²) in [6.45, 7) is 0. The van der Waals surface area contributed by atoms with Gasteiger partial charge in [0.05, 0.1) is 12.7 Å². The molecule has 0 unspecified atom stereocenters. The van der Waals surface area contributed by atoms with E-state index in [1.165, 1.54) is 19.2 Å². The number of phenols is 1. The molecule has 106 valence electrons. The third-order valence-electron chi connectivity index (χ3n) is 2.56. The van der Waals surface area contributed by atoms with Gasteiger partial charge < -0.3 is 9.84 Å². The molecule has 0 spiro atoms. The molecule has 0 aliphatic carbocycles. The molecule has 0 aromatic heterocycles. The molecule has 20 heavy (non-hydrogen) atoms. The molecular formula is C14H11F3O2S. The van der Waals surface area contributed by atoms with Gasteiger partial charge in [-0.3, -0.25) is 0 Å². The van der Waals surface area contributed by atoms with Crippen LogP contribution in [0.3, 0.4) is 0 Å². The van der Waals surface area contributed by atoms with Gasteiger partial charge in [-0.1, -0.05) is 11.8 Å². The van der Waals surface area contributed by atoms with Gasteiger partial charge in [-0.25, -0.2) is 0 Å². The number of rotatable bonds is 3. The minimum absolute atomic E-state index is 0.0421. The molecule has 0 bridgehead atoms. The van der Waals surface area contributed by atoms with E-state index < -0.39 is 17.5 Å². The van der Waals surface area contributed by atoms with Crippen LogP contribution in [0.2, 0.25) is 0 Å². The summed E-state index contributed by atoms with van der Waals surface area (Å²) in [7, 11) is 1.52. The second kappa shape index (κ2) is 5.66. The molecule has 0 aliphatic heterocycles. The highest BCUT2D eigenvalue weighted by Gasteiger charge is 2.34. The number of aromatic hydroxyl groups is 1. The summed E-state index contributed by atoms with van der Waals surface area (Å²) in [6.07, 6.45) is -4.51. The van der Waals surface area contributed by atoms with Gasteiger partial charge in [-0.15, -0.1) is 0 Å². The summed E-state index contributed by atoms with van der Waals surface area (Å²) >= 11 is 0.982. The molecule has 0 fully saturated rings. The van der Waals surface area contributed by atoms with E-state index in [1.807, 2.05) is 0 Å². The molecule has 0 saturated carbocycles. The summed E-state index contributed by atoms with van der Waals surface area (Å²) in [5.74, 6) is 0.229. The SMILES string of the molecule is COc1ccc(Sc2ccc(O)cc2C(F)(F)F)cc1. The van der Waals surface area contributed by atoms with E-state index in [0.29, 0.717) is 10.6 Å². The van der Waals surface area contributed by atoms with Crippen LogP contribution in [0.15, 0.2) is 52.3 Å². The van der Waals surface area contributed by atoms with E-state index in [1.54, 1.807) is 24.3 Å². The van der Waals surface area contributed by atoms with Crippen LogP contribution in [0.1, 0.15) is 5.56 Å². The molecule has 0 radical (unpaired) electrons. The predicted molar refractivity (Wildman–Crippen MR) is 70.2 cm³/mol. The Balaban J connectivity index is 2.32. The second-order valence-corrected chi connectivity index (χ2v) is 5.07. The summed E-state index contributed by atoms with van der Waals surface area (Å²) < 4.78 is 43.7. The average Bonchev–Trinajstić information content (AvgIpc) is 2.40. The zero-order valence-electron chi connectivity index (χ0n) is 10.4. The number of hydrogen-bond acceptors (Lipinski definition) is 3. The van der Waals surface area contributed by atoms with Gasteiger partial charge in [0.1, 0.15) is 11.5 Å². The normalized spacial score (nSPS) is 11.4. The van der Waals surface area contributed by atoms with Crippen LogP contribution in [0.5, 0.6) is 11.5 Å². The van der Waals surface area contributed by atoms with E-state index in [4.69, 9.17) is 4.74 Å². The van der Waals surface area contributed by atoms with Crippen LogP contribution in [-0.4, -0.2) is 12.2 Å². The Morgan fingerprint density at radius 2 is 1.70 bits per heavy atom. The number of hydrogen-bond donors (Lipinski definition) is 1. The van der Waals surface area contributed by atoms with Crippen molar-refractivity contribution in [3.05, 3.63) is 48.0 Å². The van der Waals surface area contributed by atoms with Gasteiger partial charge in [0, 0.05) is 9.79 Å². The third-order valence-corrected chi connectivity index (χ3v) is 3.64. The highest BCUT2D eigenvalue weighted by molar-refractivity contribution is 7.99. The van der Waals surface area contributed by atoms with Crippen LogP contribution < -0.4 is 4.74 Å². The maximum atomic E-state index is 12.9. The number of halogens is 3. The Bertz CT molecular complexity index is 594. The van der Waals surface area contributed by atoms with Gasteiger partial charge in [-0.2, -0.15) is 13.2 Å². The molecule has 2 nitrogen and oxygen atoms in total. The van der Waals surface area contributed by atoms with Crippen molar-refractivity contribution in [2.45, 2.75) is 16.0 Å². The van der Waals surface area contributed by atoms with Crippen molar-refractivity contribution in [3.8, 4) is 11.5 Å². The molecule has 0 heterocycles. The lowest BCUT2D eigenvalue weighted by Gasteiger charge is -2.13. The highest BCUT2D eigenvalue weighted by atomic mass is 32.2. The Morgan fingerprint density at radius 3 is 2.25 bits per heavy atom. The first kappa shape index (κ1) is 14.6. The lowest BCUT2D eigenvalue weighted by atomic mass is 10.2. The lowest BCUT2D eigenvalue weighted by Crippen LogP contribution is -2.06. The smallest absolute Gasteiger partial charge is 0.417 e. The van der Waals surface area contributed by atoms with E-state index in [-0.39, 0.29) is 4.90 Å². The van der Waals surface area contributed by atoms with Crippen LogP contribution in [0, 0.1) is 0 Å². The average molecular weight is 300 g/mol. The fraction of sp³-hybridized carbons (Fsp3) is 0.143. The van der Waals surface area contributed by atoms with Gasteiger partial charge in [0.25, 0.3) is 0 Å². The fourth-order valence-electron chi connectivity index (χ4n) is 1.60. The first-order valence-electron chi connectivity index (χ1n) is 5.62. The Morgan fingerprint density at radius 1 is 1.05 bits per heavy atom. The van der Waals surface area contributed by atoms with Crippen LogP contribution in [-0.2, 0) is 6.18 Å². The van der Waals surface area contributed by atoms with E-state index in [9.17, 15) is 18.3 Å². The van der Waals surface area contributed by atoms with Gasteiger partial charge in [0.2, 0.25) is 0 Å². The topological polar surface area (TPSA) is 29.5 Å². The number of benzene rings is 2. The number of phenolic OH excluding ortho intramolecular Hbond substituents is 1. The molecule has 2 rings (SSSR count). The van der Waals surface area contributed by atoms with E-state index >= 15 is 0 Å². The van der Waals surface area contributed by atoms with Crippen molar-refractivity contribution in [3.63, 3.8) is 0 Å². The van der Waals surface area contributed by atoms with Crippen molar-refractivity contribution in [2.24, 2.45) is 0 Å². The minimum Gasteiger partial charge on any atom is -0.508 e. The monoisotopic (exact) mass is 300 g/mol. The minimum atomic E-state index is -4.51. The highest BCUT2D eigenvalue weighted by Crippen LogP contribution is 2.41. The molecule has 0 atom stereocenters. The predicted octanol–water partition coefficient (Wildman–Crippen LogP) is 4.57. The standard InChI is InChI=1S/C14H11F3O2S/c1-19-10-3-5-11(6-4-10)20-13-7-2-9(18)8-12(13)14(15,16)17/h2-8,18H,1H3. The van der Waals surface area contributed by atoms with Crippen molar-refractivity contribution in [2.75, 3.05) is 7.11 Å². The van der Waals surface area contributed by atoms with Crippen LogP contribution >= 0.6 is 11.8 Å². The first-order valence-corrected chi connectivity index (χ1v) is 6.44. The summed E-state index contributed by atoms with van der Waals surface area (Å²) in [6, 6.07) is 9.93. The third kappa shape index (κ3) is 3.39. The van der Waals surface area contributed by atoms with Crippen LogP contribution in [0.4, 0.5) is 13.2 Å². The van der Waals surface area contributed by atoms with Crippen LogP contribution in [0.25, 0.3) is 0 Å². The summed E-state index contributed by atoms with van der Waals surface area (Å²) in [4.78, 5) is 0.697. The molecule has 0 saturated heterocycles. The molecule has 6 heteroatoms. The summed E-state index contributed by atoms with van der Waals surface area (Å²) in [5, 5.41) is 9.21. The van der Waals surface area contributed by atoms with E-state index in [2.05, 4.69) is 0 Å². The van der Waals surface area contributed by atoms with Gasteiger partial charge in [0.15, 0.2) is 0 Å². The first-order chi connectivity index (χ1) is 9.40. The fourth-order valence-corrected chi connectivity index (χ4v) is 2.55. The second-order valence-electron chi connectivity index (χ2n) is 3.96. The molecule has 2 aromatic rings. The van der Waals surface area contributed by atoms with Crippen molar-refractivity contribution in [1.82, 2.24) is 0 Å². The Labute approximate surface area is 118 Å². The Kier molecular flexibility index (Phi) is 4.13. The van der Waals surface area contributed by atoms with Gasteiger partial charge >= 0.3 is 6.18 Å². The number of alkyl halides is 3. The molecule has 0 aliphatic rings. The molecule has 2 aromatic carbocycles. The zero-order chi connectivity index (χ0) is 14.8. The lowest BCUT2D eigenvalue weighted by molar-refractivity contribution is -0.139. The number of ether oxygens (including phenoxy) is 1. The molecule has 1 N–H and O–H groups in total.